The quantitative estimate of drug-likeness (QED) is 0.806. The molecular weight excluding hydrogens is 274 g/mol. The highest BCUT2D eigenvalue weighted by Gasteiger charge is 2.16. The molecule has 2 unspecified atom stereocenters. The van der Waals surface area contributed by atoms with Crippen LogP contribution < -0.4 is 11.1 Å². The van der Waals surface area contributed by atoms with Crippen LogP contribution in [0.4, 0.5) is 14.5 Å². The number of hydrogen-bond donors (Lipinski definition) is 2. The van der Waals surface area contributed by atoms with Gasteiger partial charge in [-0.1, -0.05) is 6.92 Å². The van der Waals surface area contributed by atoms with E-state index in [1.807, 2.05) is 0 Å². The summed E-state index contributed by atoms with van der Waals surface area (Å²) in [6.45, 7) is 2.01. The van der Waals surface area contributed by atoms with Gasteiger partial charge in [0.1, 0.15) is 5.82 Å². The van der Waals surface area contributed by atoms with Crippen LogP contribution in [-0.2, 0) is 10.8 Å². The third kappa shape index (κ3) is 4.27. The maximum absolute atomic E-state index is 13.5. The normalized spacial score (nSPS) is 13.9. The van der Waals surface area contributed by atoms with Gasteiger partial charge in [-0.25, -0.2) is 8.78 Å². The highest BCUT2D eigenvalue weighted by molar-refractivity contribution is 7.84. The van der Waals surface area contributed by atoms with Crippen molar-refractivity contribution in [2.45, 2.75) is 18.6 Å². The van der Waals surface area contributed by atoms with Crippen LogP contribution in [0.5, 0.6) is 0 Å². The van der Waals surface area contributed by atoms with Crippen LogP contribution in [0.15, 0.2) is 12.1 Å². The summed E-state index contributed by atoms with van der Waals surface area (Å²) in [6, 6.07) is 1.61. The molecule has 0 aliphatic heterocycles. The van der Waals surface area contributed by atoms with E-state index >= 15 is 0 Å². The number of anilines is 1. The molecule has 0 aliphatic carbocycles. The van der Waals surface area contributed by atoms with Gasteiger partial charge in [0.25, 0.3) is 5.91 Å². The number of nitrogens with one attached hydrogen (secondary N) is 1. The monoisotopic (exact) mass is 290 g/mol. The standard InChI is InChI=1S/C12H16F2N2O2S/c1-7(19(2)18)3-4-16-12(17)9-5-8(13)6-10(15)11(9)14/h5-7H,3-4,15H2,1-2H3,(H,16,17). The Balaban J connectivity index is 2.67. The van der Waals surface area contributed by atoms with Gasteiger partial charge in [0.05, 0.1) is 11.3 Å². The van der Waals surface area contributed by atoms with Crippen LogP contribution in [0.3, 0.4) is 0 Å². The topological polar surface area (TPSA) is 72.2 Å². The molecule has 0 heterocycles. The van der Waals surface area contributed by atoms with E-state index in [-0.39, 0.29) is 11.8 Å². The Morgan fingerprint density at radius 1 is 1.47 bits per heavy atom. The van der Waals surface area contributed by atoms with E-state index in [2.05, 4.69) is 5.32 Å². The molecule has 1 amide bonds. The second-order valence-electron chi connectivity index (χ2n) is 4.21. The van der Waals surface area contributed by atoms with Gasteiger partial charge < -0.3 is 11.1 Å². The molecule has 1 aromatic rings. The SMILES string of the molecule is CC(CCNC(=O)c1cc(F)cc(N)c1F)S(C)=O. The smallest absolute Gasteiger partial charge is 0.254 e. The predicted octanol–water partition coefficient (Wildman–Crippen LogP) is 1.43. The lowest BCUT2D eigenvalue weighted by Crippen LogP contribution is -2.28. The van der Waals surface area contributed by atoms with Crippen molar-refractivity contribution in [2.75, 3.05) is 18.5 Å². The fourth-order valence-electron chi connectivity index (χ4n) is 1.43. The van der Waals surface area contributed by atoms with Gasteiger partial charge in [-0.05, 0) is 18.6 Å². The molecule has 0 fully saturated rings. The predicted molar refractivity (Wildman–Crippen MR) is 71.2 cm³/mol. The van der Waals surface area contributed by atoms with E-state index in [1.165, 1.54) is 0 Å². The van der Waals surface area contributed by atoms with Crippen molar-refractivity contribution >= 4 is 22.4 Å². The molecule has 0 spiro atoms. The number of hydrogen-bond acceptors (Lipinski definition) is 3. The van der Waals surface area contributed by atoms with E-state index in [9.17, 15) is 17.8 Å². The van der Waals surface area contributed by atoms with Crippen LogP contribution in [-0.4, -0.2) is 28.2 Å². The number of rotatable bonds is 5. The molecular formula is C12H16F2N2O2S. The fraction of sp³-hybridized carbons (Fsp3) is 0.417. The van der Waals surface area contributed by atoms with Gasteiger partial charge in [-0.15, -0.1) is 0 Å². The van der Waals surface area contributed by atoms with E-state index < -0.39 is 39.6 Å². The summed E-state index contributed by atoms with van der Waals surface area (Å²) >= 11 is 0. The van der Waals surface area contributed by atoms with Crippen molar-refractivity contribution in [3.8, 4) is 0 Å². The molecule has 3 N–H and O–H groups in total. The second kappa shape index (κ2) is 6.60. The minimum absolute atomic E-state index is 0.0808. The summed E-state index contributed by atoms with van der Waals surface area (Å²) in [5.41, 5.74) is 4.40. The number of nitrogens with two attached hydrogens (primary N) is 1. The summed E-state index contributed by atoms with van der Waals surface area (Å²) in [6.07, 6.45) is 2.06. The van der Waals surface area contributed by atoms with Gasteiger partial charge in [0.15, 0.2) is 5.82 Å². The number of amides is 1. The number of halogens is 2. The molecule has 0 saturated heterocycles. The largest absolute Gasteiger partial charge is 0.396 e. The zero-order valence-corrected chi connectivity index (χ0v) is 11.5. The zero-order chi connectivity index (χ0) is 14.6. The van der Waals surface area contributed by atoms with Crippen LogP contribution in [0.2, 0.25) is 0 Å². The molecule has 0 saturated carbocycles. The summed E-state index contributed by atoms with van der Waals surface area (Å²) < 4.78 is 37.7. The van der Waals surface area contributed by atoms with E-state index in [0.717, 1.165) is 12.1 Å². The number of benzene rings is 1. The van der Waals surface area contributed by atoms with Crippen LogP contribution in [0, 0.1) is 11.6 Å². The van der Waals surface area contributed by atoms with Crippen molar-refractivity contribution in [1.82, 2.24) is 5.32 Å². The van der Waals surface area contributed by atoms with Crippen molar-refractivity contribution in [3.63, 3.8) is 0 Å². The minimum atomic E-state index is -0.987. The van der Waals surface area contributed by atoms with Gasteiger partial charge in [0.2, 0.25) is 0 Å². The average molecular weight is 290 g/mol. The Labute approximate surface area is 112 Å². The number of nitrogen functional groups attached to an aromatic ring is 1. The molecule has 0 radical (unpaired) electrons. The first kappa shape index (κ1) is 15.6. The summed E-state index contributed by atoms with van der Waals surface area (Å²) in [5, 5.41) is 2.36. The molecule has 7 heteroatoms. The maximum Gasteiger partial charge on any atom is 0.254 e. The molecule has 1 rings (SSSR count). The Bertz CT molecular complexity index is 509. The Hall–Kier alpha value is -1.50. The van der Waals surface area contributed by atoms with Crippen LogP contribution in [0.1, 0.15) is 23.7 Å². The van der Waals surface area contributed by atoms with E-state index in [4.69, 9.17) is 5.73 Å². The minimum Gasteiger partial charge on any atom is -0.396 e. The molecule has 1 aromatic carbocycles. The molecule has 2 atom stereocenters. The van der Waals surface area contributed by atoms with Crippen LogP contribution in [0.25, 0.3) is 0 Å². The second-order valence-corrected chi connectivity index (χ2v) is 6.01. The number of carbonyl (C=O) groups excluding carboxylic acids is 1. The first-order valence-corrected chi connectivity index (χ1v) is 7.30. The molecule has 19 heavy (non-hydrogen) atoms. The van der Waals surface area contributed by atoms with Gasteiger partial charge in [-0.2, -0.15) is 0 Å². The molecule has 0 aromatic heterocycles. The lowest BCUT2D eigenvalue weighted by Gasteiger charge is -2.10. The maximum atomic E-state index is 13.5. The highest BCUT2D eigenvalue weighted by atomic mass is 32.2. The first-order chi connectivity index (χ1) is 8.82. The third-order valence-electron chi connectivity index (χ3n) is 2.71. The fourth-order valence-corrected chi connectivity index (χ4v) is 1.88. The zero-order valence-electron chi connectivity index (χ0n) is 10.7. The summed E-state index contributed by atoms with van der Waals surface area (Å²) in [7, 11) is -0.987. The first-order valence-electron chi connectivity index (χ1n) is 5.68. The Kier molecular flexibility index (Phi) is 5.41. The Morgan fingerprint density at radius 3 is 2.68 bits per heavy atom. The molecule has 0 aliphatic rings. The molecule has 0 bridgehead atoms. The van der Waals surface area contributed by atoms with Crippen molar-refractivity contribution in [1.29, 1.82) is 0 Å². The Morgan fingerprint density at radius 2 is 2.11 bits per heavy atom. The van der Waals surface area contributed by atoms with Crippen molar-refractivity contribution < 1.29 is 17.8 Å². The van der Waals surface area contributed by atoms with Gasteiger partial charge in [-0.3, -0.25) is 9.00 Å². The van der Waals surface area contributed by atoms with Gasteiger partial charge >= 0.3 is 0 Å². The highest BCUT2D eigenvalue weighted by Crippen LogP contribution is 2.17. The lowest BCUT2D eigenvalue weighted by atomic mass is 10.1. The number of carbonyl (C=O) groups is 1. The third-order valence-corrected chi connectivity index (χ3v) is 4.08. The molecule has 4 nitrogen and oxygen atoms in total. The van der Waals surface area contributed by atoms with Crippen LogP contribution >= 0.6 is 0 Å². The molecule has 106 valence electrons. The summed E-state index contributed by atoms with van der Waals surface area (Å²) in [4.78, 5) is 11.7. The van der Waals surface area contributed by atoms with Crippen molar-refractivity contribution in [3.05, 3.63) is 29.3 Å². The van der Waals surface area contributed by atoms with E-state index in [1.54, 1.807) is 13.2 Å². The van der Waals surface area contributed by atoms with E-state index in [0.29, 0.717) is 6.42 Å². The van der Waals surface area contributed by atoms with Crippen molar-refractivity contribution in [2.24, 2.45) is 0 Å². The summed E-state index contributed by atoms with van der Waals surface area (Å²) in [5.74, 6) is -2.45. The lowest BCUT2D eigenvalue weighted by molar-refractivity contribution is 0.0949. The van der Waals surface area contributed by atoms with Gasteiger partial charge in [0, 0.05) is 28.9 Å². The average Bonchev–Trinajstić information content (AvgIpc) is 2.33.